The van der Waals surface area contributed by atoms with E-state index in [-0.39, 0.29) is 0 Å². The van der Waals surface area contributed by atoms with Crippen LogP contribution in [0.1, 0.15) is 65.2 Å². The summed E-state index contributed by atoms with van der Waals surface area (Å²) >= 11 is 0. The molecule has 0 fully saturated rings. The standard InChI is InChI=1S/C20H43NO4/c1-3-13-22-17-9-19-24-15-7-5-11-21-12-6-8-16-25-20-10-18-23-14-4-2/h21H,3-20H2,1-2H3. The third-order valence-electron chi connectivity index (χ3n) is 3.64. The molecule has 0 heterocycles. The molecule has 0 unspecified atom stereocenters. The second kappa shape index (κ2) is 23.8. The summed E-state index contributed by atoms with van der Waals surface area (Å²) in [6.07, 6.45) is 8.82. The summed E-state index contributed by atoms with van der Waals surface area (Å²) in [4.78, 5) is 0. The maximum atomic E-state index is 5.59. The van der Waals surface area contributed by atoms with E-state index in [0.29, 0.717) is 0 Å². The zero-order chi connectivity index (χ0) is 18.3. The van der Waals surface area contributed by atoms with Crippen molar-refractivity contribution in [3.63, 3.8) is 0 Å². The van der Waals surface area contributed by atoms with Crippen molar-refractivity contribution in [1.29, 1.82) is 0 Å². The van der Waals surface area contributed by atoms with Gasteiger partial charge in [-0.25, -0.2) is 0 Å². The average molecular weight is 362 g/mol. The second-order valence-electron chi connectivity index (χ2n) is 6.32. The Morgan fingerprint density at radius 1 is 0.440 bits per heavy atom. The fourth-order valence-corrected chi connectivity index (χ4v) is 2.26. The first-order valence-corrected chi connectivity index (χ1v) is 10.4. The minimum absolute atomic E-state index is 0.821. The van der Waals surface area contributed by atoms with E-state index in [9.17, 15) is 0 Å². The van der Waals surface area contributed by atoms with Gasteiger partial charge in [-0.1, -0.05) is 13.8 Å². The van der Waals surface area contributed by atoms with Gasteiger partial charge in [0.05, 0.1) is 0 Å². The molecule has 0 aliphatic carbocycles. The molecule has 0 aromatic heterocycles. The summed E-state index contributed by atoms with van der Waals surface area (Å²) in [5.74, 6) is 0. The molecule has 25 heavy (non-hydrogen) atoms. The highest BCUT2D eigenvalue weighted by Gasteiger charge is 1.94. The van der Waals surface area contributed by atoms with Crippen molar-refractivity contribution >= 4 is 0 Å². The van der Waals surface area contributed by atoms with E-state index in [4.69, 9.17) is 18.9 Å². The molecule has 0 amide bonds. The highest BCUT2D eigenvalue weighted by molar-refractivity contribution is 4.50. The number of unbranched alkanes of at least 4 members (excludes halogenated alkanes) is 2. The third kappa shape index (κ3) is 23.8. The van der Waals surface area contributed by atoms with Gasteiger partial charge in [0.1, 0.15) is 0 Å². The molecule has 5 nitrogen and oxygen atoms in total. The number of nitrogens with one attached hydrogen (secondary N) is 1. The number of hydrogen-bond donors (Lipinski definition) is 1. The van der Waals surface area contributed by atoms with Crippen LogP contribution in [0.4, 0.5) is 0 Å². The molecule has 0 bridgehead atoms. The first-order valence-electron chi connectivity index (χ1n) is 10.4. The van der Waals surface area contributed by atoms with Crippen molar-refractivity contribution in [3.05, 3.63) is 0 Å². The van der Waals surface area contributed by atoms with Crippen molar-refractivity contribution < 1.29 is 18.9 Å². The van der Waals surface area contributed by atoms with E-state index < -0.39 is 0 Å². The summed E-state index contributed by atoms with van der Waals surface area (Å²) in [5, 5.41) is 3.48. The van der Waals surface area contributed by atoms with E-state index in [1.807, 2.05) is 0 Å². The summed E-state index contributed by atoms with van der Waals surface area (Å²) in [6.45, 7) is 13.2. The lowest BCUT2D eigenvalue weighted by Crippen LogP contribution is -2.17. The molecule has 0 aromatic rings. The molecule has 0 radical (unpaired) electrons. The van der Waals surface area contributed by atoms with Crippen LogP contribution in [-0.2, 0) is 18.9 Å². The van der Waals surface area contributed by atoms with Gasteiger partial charge in [0, 0.05) is 52.9 Å². The summed E-state index contributed by atoms with van der Waals surface area (Å²) in [7, 11) is 0. The minimum atomic E-state index is 0.821. The number of hydrogen-bond acceptors (Lipinski definition) is 5. The topological polar surface area (TPSA) is 49.0 Å². The summed E-state index contributed by atoms with van der Waals surface area (Å²) in [5.41, 5.74) is 0. The van der Waals surface area contributed by atoms with Crippen molar-refractivity contribution in [1.82, 2.24) is 5.32 Å². The Bertz CT molecular complexity index is 208. The fraction of sp³-hybridized carbons (Fsp3) is 1.00. The highest BCUT2D eigenvalue weighted by atomic mass is 16.5. The number of ether oxygens (including phenoxy) is 4. The van der Waals surface area contributed by atoms with Crippen LogP contribution in [0, 0.1) is 0 Å². The Morgan fingerprint density at radius 3 is 1.20 bits per heavy atom. The Morgan fingerprint density at radius 2 is 0.800 bits per heavy atom. The van der Waals surface area contributed by atoms with Gasteiger partial charge in [0.25, 0.3) is 0 Å². The molecule has 0 atom stereocenters. The van der Waals surface area contributed by atoms with Crippen molar-refractivity contribution in [2.24, 2.45) is 0 Å². The van der Waals surface area contributed by atoms with Gasteiger partial charge in [-0.2, -0.15) is 0 Å². The van der Waals surface area contributed by atoms with Crippen LogP contribution in [0.15, 0.2) is 0 Å². The molecule has 5 heteroatoms. The Kier molecular flexibility index (Phi) is 23.6. The molecular weight excluding hydrogens is 318 g/mol. The molecule has 1 N–H and O–H groups in total. The molecule has 0 saturated carbocycles. The van der Waals surface area contributed by atoms with Gasteiger partial charge in [0.15, 0.2) is 0 Å². The quantitative estimate of drug-likeness (QED) is 0.297. The number of rotatable bonds is 22. The van der Waals surface area contributed by atoms with E-state index in [0.717, 1.165) is 104 Å². The Labute approximate surface area is 156 Å². The van der Waals surface area contributed by atoms with Crippen molar-refractivity contribution in [2.45, 2.75) is 65.2 Å². The molecule has 0 spiro atoms. The molecular formula is C20H43NO4. The Balaban J connectivity index is 2.94. The van der Waals surface area contributed by atoms with Crippen LogP contribution in [0.5, 0.6) is 0 Å². The lowest BCUT2D eigenvalue weighted by atomic mass is 10.3. The van der Waals surface area contributed by atoms with E-state index in [2.05, 4.69) is 19.2 Å². The normalized spacial score (nSPS) is 11.3. The molecule has 0 saturated heterocycles. The van der Waals surface area contributed by atoms with Crippen LogP contribution < -0.4 is 5.32 Å². The highest BCUT2D eigenvalue weighted by Crippen LogP contribution is 1.94. The smallest absolute Gasteiger partial charge is 0.0487 e. The van der Waals surface area contributed by atoms with E-state index in [1.54, 1.807) is 0 Å². The fourth-order valence-electron chi connectivity index (χ4n) is 2.26. The van der Waals surface area contributed by atoms with Crippen LogP contribution in [0.2, 0.25) is 0 Å². The molecule has 0 aromatic carbocycles. The van der Waals surface area contributed by atoms with Crippen molar-refractivity contribution in [2.75, 3.05) is 65.9 Å². The first kappa shape index (κ1) is 24.8. The maximum Gasteiger partial charge on any atom is 0.0487 e. The molecule has 152 valence electrons. The van der Waals surface area contributed by atoms with Gasteiger partial charge in [0.2, 0.25) is 0 Å². The third-order valence-corrected chi connectivity index (χ3v) is 3.64. The van der Waals surface area contributed by atoms with Crippen molar-refractivity contribution in [3.8, 4) is 0 Å². The lowest BCUT2D eigenvalue weighted by molar-refractivity contribution is 0.0812. The predicted octanol–water partition coefficient (Wildman–Crippen LogP) is 3.80. The summed E-state index contributed by atoms with van der Waals surface area (Å²) < 4.78 is 22.0. The predicted molar refractivity (Wildman–Crippen MR) is 104 cm³/mol. The largest absolute Gasteiger partial charge is 0.381 e. The lowest BCUT2D eigenvalue weighted by Gasteiger charge is -2.07. The zero-order valence-corrected chi connectivity index (χ0v) is 16.9. The SMILES string of the molecule is CCCOCCCOCCCCNCCCCOCCCOCCC. The monoisotopic (exact) mass is 361 g/mol. The Hall–Kier alpha value is -0.200. The first-order chi connectivity index (χ1) is 12.4. The van der Waals surface area contributed by atoms with Crippen LogP contribution >= 0.6 is 0 Å². The van der Waals surface area contributed by atoms with Crippen LogP contribution in [0.3, 0.4) is 0 Å². The molecule has 0 aliphatic heterocycles. The van der Waals surface area contributed by atoms with Crippen LogP contribution in [-0.4, -0.2) is 65.9 Å². The van der Waals surface area contributed by atoms with Gasteiger partial charge in [-0.3, -0.25) is 0 Å². The zero-order valence-electron chi connectivity index (χ0n) is 16.9. The summed E-state index contributed by atoms with van der Waals surface area (Å²) in [6, 6.07) is 0. The van der Waals surface area contributed by atoms with Gasteiger partial charge in [-0.05, 0) is 64.5 Å². The van der Waals surface area contributed by atoms with Gasteiger partial charge < -0.3 is 24.3 Å². The maximum absolute atomic E-state index is 5.59. The van der Waals surface area contributed by atoms with E-state index in [1.165, 1.54) is 12.8 Å². The minimum Gasteiger partial charge on any atom is -0.381 e. The molecule has 0 aliphatic rings. The molecule has 0 rings (SSSR count). The van der Waals surface area contributed by atoms with Gasteiger partial charge in [-0.15, -0.1) is 0 Å². The van der Waals surface area contributed by atoms with Crippen LogP contribution in [0.25, 0.3) is 0 Å². The second-order valence-corrected chi connectivity index (χ2v) is 6.32. The average Bonchev–Trinajstić information content (AvgIpc) is 2.63. The van der Waals surface area contributed by atoms with E-state index >= 15 is 0 Å². The van der Waals surface area contributed by atoms with Gasteiger partial charge >= 0.3 is 0 Å².